The van der Waals surface area contributed by atoms with Gasteiger partial charge in [-0.05, 0) is 12.1 Å². The van der Waals surface area contributed by atoms with Crippen LogP contribution in [0.25, 0.3) is 0 Å². The second-order valence-electron chi connectivity index (χ2n) is 4.67. The molecule has 0 saturated carbocycles. The van der Waals surface area contributed by atoms with Gasteiger partial charge in [-0.15, -0.1) is 0 Å². The molecule has 0 aliphatic rings. The Balaban J connectivity index is 2.12. The highest BCUT2D eigenvalue weighted by Crippen LogP contribution is 2.26. The molecule has 132 valence electrons. The summed E-state index contributed by atoms with van der Waals surface area (Å²) in [5, 5.41) is 2.27. The number of benzene rings is 2. The smallest absolute Gasteiger partial charge is 0.339 e. The van der Waals surface area contributed by atoms with Crippen molar-refractivity contribution >= 4 is 17.6 Å². The number of carbonyl (C=O) groups is 2. The number of hydrogen-bond donors (Lipinski definition) is 1. The number of amides is 1. The second-order valence-corrected chi connectivity index (χ2v) is 4.67. The van der Waals surface area contributed by atoms with Crippen molar-refractivity contribution in [2.24, 2.45) is 0 Å². The minimum absolute atomic E-state index is 0.0181. The Morgan fingerprint density at radius 2 is 1.64 bits per heavy atom. The van der Waals surface area contributed by atoms with E-state index in [0.717, 1.165) is 7.11 Å². The van der Waals surface area contributed by atoms with Crippen molar-refractivity contribution < 1.29 is 36.6 Å². The summed E-state index contributed by atoms with van der Waals surface area (Å²) in [7, 11) is 1.15. The zero-order valence-electron chi connectivity index (χ0n) is 12.7. The molecule has 0 spiro atoms. The lowest BCUT2D eigenvalue weighted by atomic mass is 10.2. The number of anilines is 1. The van der Waals surface area contributed by atoms with Gasteiger partial charge in [-0.2, -0.15) is 8.78 Å². The van der Waals surface area contributed by atoms with Crippen LogP contribution in [0.2, 0.25) is 0 Å². The third-order valence-electron chi connectivity index (χ3n) is 3.03. The number of esters is 1. The molecule has 2 aromatic carbocycles. The molecule has 0 aliphatic heterocycles. The van der Waals surface area contributed by atoms with E-state index in [0.29, 0.717) is 0 Å². The topological polar surface area (TPSA) is 64.6 Å². The highest BCUT2D eigenvalue weighted by atomic mass is 19.2. The molecular formula is C16H11F4NO4. The molecule has 5 nitrogen and oxygen atoms in total. The van der Waals surface area contributed by atoms with Crippen molar-refractivity contribution in [3.05, 3.63) is 59.2 Å². The van der Waals surface area contributed by atoms with Gasteiger partial charge in [0.15, 0.2) is 24.0 Å². The normalized spacial score (nSPS) is 10.3. The van der Waals surface area contributed by atoms with Crippen LogP contribution in [0.3, 0.4) is 0 Å². The fraction of sp³-hybridized carbons (Fsp3) is 0.125. The van der Waals surface area contributed by atoms with Crippen LogP contribution in [-0.2, 0) is 9.53 Å². The fourth-order valence-electron chi connectivity index (χ4n) is 1.88. The number of carbonyl (C=O) groups excluding carboxylic acids is 2. The minimum atomic E-state index is -1.76. The van der Waals surface area contributed by atoms with Crippen LogP contribution in [0.4, 0.5) is 23.2 Å². The monoisotopic (exact) mass is 357 g/mol. The first kappa shape index (κ1) is 18.2. The van der Waals surface area contributed by atoms with Crippen molar-refractivity contribution in [3.8, 4) is 5.75 Å². The maximum absolute atomic E-state index is 13.4. The summed E-state index contributed by atoms with van der Waals surface area (Å²) in [4.78, 5) is 23.4. The van der Waals surface area contributed by atoms with Crippen molar-refractivity contribution in [1.29, 1.82) is 0 Å². The molecule has 2 aromatic rings. The molecule has 0 fully saturated rings. The zero-order valence-corrected chi connectivity index (χ0v) is 12.7. The van der Waals surface area contributed by atoms with E-state index < -0.39 is 47.5 Å². The van der Waals surface area contributed by atoms with E-state index in [9.17, 15) is 27.2 Å². The number of rotatable bonds is 5. The third-order valence-corrected chi connectivity index (χ3v) is 3.03. The van der Waals surface area contributed by atoms with Crippen LogP contribution < -0.4 is 10.1 Å². The molecule has 0 atom stereocenters. The highest BCUT2D eigenvalue weighted by Gasteiger charge is 2.21. The molecule has 0 bridgehead atoms. The van der Waals surface area contributed by atoms with E-state index in [4.69, 9.17) is 0 Å². The summed E-state index contributed by atoms with van der Waals surface area (Å²) in [6.45, 7) is -0.952. The number of hydrogen-bond acceptors (Lipinski definition) is 4. The van der Waals surface area contributed by atoms with Gasteiger partial charge in [-0.1, -0.05) is 12.1 Å². The highest BCUT2D eigenvalue weighted by molar-refractivity contribution is 6.01. The van der Waals surface area contributed by atoms with Gasteiger partial charge in [-0.3, -0.25) is 4.79 Å². The molecule has 1 N–H and O–H groups in total. The maximum atomic E-state index is 13.4. The van der Waals surface area contributed by atoms with E-state index in [1.54, 1.807) is 0 Å². The van der Waals surface area contributed by atoms with E-state index in [-0.39, 0.29) is 17.3 Å². The van der Waals surface area contributed by atoms with Crippen LogP contribution in [0.5, 0.6) is 5.75 Å². The standard InChI is InChI=1S/C16H11F4NO4/c1-24-16(23)8-4-2-3-5-11(8)21-12(22)7-25-15-13(19)9(17)6-10(18)14(15)20/h2-6H,7H2,1H3,(H,21,22). The first-order chi connectivity index (χ1) is 11.8. The molecule has 9 heteroatoms. The van der Waals surface area contributed by atoms with Gasteiger partial charge in [0.2, 0.25) is 11.6 Å². The number of methoxy groups -OCH3 is 1. The third kappa shape index (κ3) is 4.06. The molecule has 1 amide bonds. The molecule has 0 aliphatic carbocycles. The van der Waals surface area contributed by atoms with Crippen LogP contribution in [0.15, 0.2) is 30.3 Å². The predicted octanol–water partition coefficient (Wildman–Crippen LogP) is 3.05. The number of ether oxygens (including phenoxy) is 2. The Bertz CT molecular complexity index is 800. The number of para-hydroxylation sites is 1. The van der Waals surface area contributed by atoms with Gasteiger partial charge in [0.25, 0.3) is 5.91 Å². The van der Waals surface area contributed by atoms with Gasteiger partial charge in [0, 0.05) is 6.07 Å². The minimum Gasteiger partial charge on any atom is -0.477 e. The summed E-state index contributed by atoms with van der Waals surface area (Å²) in [5.41, 5.74) is 0.0989. The van der Waals surface area contributed by atoms with E-state index >= 15 is 0 Å². The second kappa shape index (κ2) is 7.65. The summed E-state index contributed by atoms with van der Waals surface area (Å²) in [5.74, 6) is -9.84. The van der Waals surface area contributed by atoms with Crippen LogP contribution in [0.1, 0.15) is 10.4 Å². The Labute approximate surface area is 139 Å². The first-order valence-corrected chi connectivity index (χ1v) is 6.78. The van der Waals surface area contributed by atoms with Crippen molar-refractivity contribution in [2.75, 3.05) is 19.0 Å². The molecular weight excluding hydrogens is 346 g/mol. The van der Waals surface area contributed by atoms with Gasteiger partial charge in [0.05, 0.1) is 18.4 Å². The molecule has 0 radical (unpaired) electrons. The molecule has 2 rings (SSSR count). The quantitative estimate of drug-likeness (QED) is 0.508. The van der Waals surface area contributed by atoms with Gasteiger partial charge < -0.3 is 14.8 Å². The Morgan fingerprint density at radius 1 is 1.04 bits per heavy atom. The van der Waals surface area contributed by atoms with Crippen LogP contribution >= 0.6 is 0 Å². The lowest BCUT2D eigenvalue weighted by Crippen LogP contribution is -2.22. The molecule has 0 heterocycles. The first-order valence-electron chi connectivity index (χ1n) is 6.78. The van der Waals surface area contributed by atoms with Crippen molar-refractivity contribution in [2.45, 2.75) is 0 Å². The zero-order chi connectivity index (χ0) is 18.6. The number of nitrogens with one attached hydrogen (secondary N) is 1. The average Bonchev–Trinajstić information content (AvgIpc) is 2.60. The van der Waals surface area contributed by atoms with E-state index in [2.05, 4.69) is 14.8 Å². The van der Waals surface area contributed by atoms with Gasteiger partial charge >= 0.3 is 5.97 Å². The van der Waals surface area contributed by atoms with Crippen LogP contribution in [0, 0.1) is 23.3 Å². The Kier molecular flexibility index (Phi) is 5.58. The lowest BCUT2D eigenvalue weighted by molar-refractivity contribution is -0.118. The fourth-order valence-corrected chi connectivity index (χ4v) is 1.88. The van der Waals surface area contributed by atoms with Crippen LogP contribution in [-0.4, -0.2) is 25.6 Å². The largest absolute Gasteiger partial charge is 0.477 e. The van der Waals surface area contributed by atoms with Crippen molar-refractivity contribution in [1.82, 2.24) is 0 Å². The van der Waals surface area contributed by atoms with Crippen molar-refractivity contribution in [3.63, 3.8) is 0 Å². The average molecular weight is 357 g/mol. The predicted molar refractivity (Wildman–Crippen MR) is 78.2 cm³/mol. The summed E-state index contributed by atoms with van der Waals surface area (Å²) in [6.07, 6.45) is 0. The number of halogens is 4. The van der Waals surface area contributed by atoms with Gasteiger partial charge in [-0.25, -0.2) is 13.6 Å². The van der Waals surface area contributed by atoms with E-state index in [1.165, 1.54) is 24.3 Å². The summed E-state index contributed by atoms with van der Waals surface area (Å²) < 4.78 is 62.1. The van der Waals surface area contributed by atoms with Gasteiger partial charge in [0.1, 0.15) is 0 Å². The molecule has 25 heavy (non-hydrogen) atoms. The Morgan fingerprint density at radius 3 is 2.24 bits per heavy atom. The molecule has 0 unspecified atom stereocenters. The summed E-state index contributed by atoms with van der Waals surface area (Å²) >= 11 is 0. The molecule has 0 aromatic heterocycles. The maximum Gasteiger partial charge on any atom is 0.339 e. The Hall–Kier alpha value is -3.10. The SMILES string of the molecule is COC(=O)c1ccccc1NC(=O)COc1c(F)c(F)cc(F)c1F. The lowest BCUT2D eigenvalue weighted by Gasteiger charge is -2.11. The van der Waals surface area contributed by atoms with E-state index in [1.807, 2.05) is 0 Å². The summed E-state index contributed by atoms with van der Waals surface area (Å²) in [6, 6.07) is 5.82. The molecule has 0 saturated heterocycles.